The quantitative estimate of drug-likeness (QED) is 0.828. The van der Waals surface area contributed by atoms with Gasteiger partial charge in [-0.15, -0.1) is 0 Å². The van der Waals surface area contributed by atoms with Crippen LogP contribution in [-0.2, 0) is 6.54 Å². The number of halogens is 1. The first-order chi connectivity index (χ1) is 8.99. The van der Waals surface area contributed by atoms with Crippen LogP contribution in [0.4, 0.5) is 15.8 Å². The molecule has 0 saturated heterocycles. The van der Waals surface area contributed by atoms with Crippen LogP contribution in [-0.4, -0.2) is 18.1 Å². The van der Waals surface area contributed by atoms with Gasteiger partial charge in [0.25, 0.3) is 0 Å². The van der Waals surface area contributed by atoms with Crippen LogP contribution in [0.5, 0.6) is 0 Å². The Morgan fingerprint density at radius 2 is 2.26 bits per heavy atom. The number of furan rings is 1. The first-order valence-electron chi connectivity index (χ1n) is 5.53. The molecule has 6 heteroatoms. The number of nitrogen functional groups attached to an aromatic ring is 1. The van der Waals surface area contributed by atoms with E-state index in [2.05, 4.69) is 0 Å². The molecule has 0 aliphatic rings. The van der Waals surface area contributed by atoms with Crippen LogP contribution in [0.25, 0.3) is 0 Å². The predicted molar refractivity (Wildman–Crippen MR) is 68.6 cm³/mol. The largest absolute Gasteiger partial charge is 0.478 e. The number of nitrogens with two attached hydrogens (primary N) is 1. The summed E-state index contributed by atoms with van der Waals surface area (Å²) in [5.41, 5.74) is 6.88. The normalized spacial score (nSPS) is 10.4. The van der Waals surface area contributed by atoms with Gasteiger partial charge in [-0.05, 0) is 12.1 Å². The SMILES string of the molecule is CN(Cc1ccoc1)c1cc(F)c(C(=O)O)cc1N. The molecule has 1 aromatic heterocycles. The van der Waals surface area contributed by atoms with Crippen LogP contribution in [0, 0.1) is 5.82 Å². The van der Waals surface area contributed by atoms with Crippen molar-refractivity contribution in [2.45, 2.75) is 6.54 Å². The number of hydrogen-bond donors (Lipinski definition) is 2. The zero-order chi connectivity index (χ0) is 14.0. The van der Waals surface area contributed by atoms with E-state index in [1.165, 1.54) is 0 Å². The van der Waals surface area contributed by atoms with E-state index < -0.39 is 17.3 Å². The van der Waals surface area contributed by atoms with Crippen LogP contribution < -0.4 is 10.6 Å². The molecule has 0 spiro atoms. The molecular weight excluding hydrogens is 251 g/mol. The molecule has 100 valence electrons. The molecule has 0 fully saturated rings. The van der Waals surface area contributed by atoms with E-state index in [4.69, 9.17) is 15.3 Å². The minimum atomic E-state index is -1.34. The Morgan fingerprint density at radius 3 is 2.84 bits per heavy atom. The molecule has 5 nitrogen and oxygen atoms in total. The molecule has 0 saturated carbocycles. The minimum Gasteiger partial charge on any atom is -0.478 e. The molecule has 19 heavy (non-hydrogen) atoms. The van der Waals surface area contributed by atoms with Crippen LogP contribution >= 0.6 is 0 Å². The third-order valence-electron chi connectivity index (χ3n) is 2.76. The molecule has 0 aliphatic carbocycles. The molecule has 0 bridgehead atoms. The number of carboxylic acid groups (broad SMARTS) is 1. The summed E-state index contributed by atoms with van der Waals surface area (Å²) in [6, 6.07) is 4.03. The van der Waals surface area contributed by atoms with Gasteiger partial charge >= 0.3 is 5.97 Å². The van der Waals surface area contributed by atoms with Crippen molar-refractivity contribution in [2.75, 3.05) is 17.7 Å². The van der Waals surface area contributed by atoms with Crippen molar-refractivity contribution in [1.82, 2.24) is 0 Å². The van der Waals surface area contributed by atoms with Gasteiger partial charge in [-0.3, -0.25) is 0 Å². The third-order valence-corrected chi connectivity index (χ3v) is 2.76. The van der Waals surface area contributed by atoms with Crippen LogP contribution in [0.2, 0.25) is 0 Å². The van der Waals surface area contributed by atoms with Crippen LogP contribution in [0.3, 0.4) is 0 Å². The second kappa shape index (κ2) is 5.01. The van der Waals surface area contributed by atoms with E-state index in [0.717, 1.165) is 17.7 Å². The summed E-state index contributed by atoms with van der Waals surface area (Å²) >= 11 is 0. The molecule has 1 aromatic carbocycles. The molecule has 0 amide bonds. The molecule has 0 unspecified atom stereocenters. The van der Waals surface area contributed by atoms with Crippen molar-refractivity contribution < 1.29 is 18.7 Å². The number of anilines is 2. The lowest BCUT2D eigenvalue weighted by Gasteiger charge is -2.20. The van der Waals surface area contributed by atoms with Gasteiger partial charge in [0, 0.05) is 25.2 Å². The first kappa shape index (κ1) is 12.9. The van der Waals surface area contributed by atoms with Crippen molar-refractivity contribution >= 4 is 17.3 Å². The lowest BCUT2D eigenvalue weighted by Crippen LogP contribution is -2.18. The maximum atomic E-state index is 13.6. The van der Waals surface area contributed by atoms with Crippen molar-refractivity contribution in [3.63, 3.8) is 0 Å². The number of carbonyl (C=O) groups is 1. The van der Waals surface area contributed by atoms with Gasteiger partial charge in [0.15, 0.2) is 0 Å². The average Bonchev–Trinajstić information content (AvgIpc) is 2.83. The molecule has 2 rings (SSSR count). The van der Waals surface area contributed by atoms with Crippen LogP contribution in [0.1, 0.15) is 15.9 Å². The maximum Gasteiger partial charge on any atom is 0.338 e. The molecule has 0 atom stereocenters. The molecule has 2 aromatic rings. The van der Waals surface area contributed by atoms with E-state index >= 15 is 0 Å². The van der Waals surface area contributed by atoms with Crippen molar-refractivity contribution in [3.8, 4) is 0 Å². The Kier molecular flexibility index (Phi) is 3.41. The molecule has 3 N–H and O–H groups in total. The Hall–Kier alpha value is -2.50. The van der Waals surface area contributed by atoms with E-state index in [1.807, 2.05) is 0 Å². The number of aromatic carboxylic acids is 1. The van der Waals surface area contributed by atoms with Gasteiger partial charge in [0.05, 0.1) is 29.5 Å². The average molecular weight is 264 g/mol. The summed E-state index contributed by atoms with van der Waals surface area (Å²) in [6.45, 7) is 0.479. The zero-order valence-electron chi connectivity index (χ0n) is 10.3. The Morgan fingerprint density at radius 1 is 1.53 bits per heavy atom. The summed E-state index contributed by atoms with van der Waals surface area (Å²) in [7, 11) is 1.73. The van der Waals surface area contributed by atoms with Gasteiger partial charge < -0.3 is 20.2 Å². The van der Waals surface area contributed by atoms with Crippen molar-refractivity contribution in [1.29, 1.82) is 0 Å². The highest BCUT2D eigenvalue weighted by Gasteiger charge is 2.16. The highest BCUT2D eigenvalue weighted by atomic mass is 19.1. The topological polar surface area (TPSA) is 79.7 Å². The lowest BCUT2D eigenvalue weighted by molar-refractivity contribution is 0.0692. The fraction of sp³-hybridized carbons (Fsp3) is 0.154. The second-order valence-electron chi connectivity index (χ2n) is 4.18. The van der Waals surface area contributed by atoms with Gasteiger partial charge in [-0.2, -0.15) is 0 Å². The fourth-order valence-corrected chi connectivity index (χ4v) is 1.82. The Labute approximate surface area is 109 Å². The summed E-state index contributed by atoms with van der Waals surface area (Å²) < 4.78 is 18.6. The number of carboxylic acids is 1. The fourth-order valence-electron chi connectivity index (χ4n) is 1.82. The Bertz CT molecular complexity index is 596. The molecule has 0 radical (unpaired) electrons. The van der Waals surface area contributed by atoms with E-state index in [0.29, 0.717) is 12.2 Å². The van der Waals surface area contributed by atoms with Crippen molar-refractivity contribution in [3.05, 3.63) is 47.7 Å². The van der Waals surface area contributed by atoms with E-state index in [1.54, 1.807) is 30.5 Å². The highest BCUT2D eigenvalue weighted by Crippen LogP contribution is 2.27. The van der Waals surface area contributed by atoms with Gasteiger partial charge in [-0.1, -0.05) is 0 Å². The molecule has 0 aliphatic heterocycles. The zero-order valence-corrected chi connectivity index (χ0v) is 10.3. The third kappa shape index (κ3) is 2.67. The summed E-state index contributed by atoms with van der Waals surface area (Å²) in [5.74, 6) is -2.15. The van der Waals surface area contributed by atoms with Gasteiger partial charge in [0.2, 0.25) is 0 Å². The lowest BCUT2D eigenvalue weighted by atomic mass is 10.1. The van der Waals surface area contributed by atoms with Gasteiger partial charge in [-0.25, -0.2) is 9.18 Å². The second-order valence-corrected chi connectivity index (χ2v) is 4.18. The highest BCUT2D eigenvalue weighted by molar-refractivity contribution is 5.90. The number of hydrogen-bond acceptors (Lipinski definition) is 4. The number of rotatable bonds is 4. The standard InChI is InChI=1S/C13H13FN2O3/c1-16(6-8-2-3-19-7-8)12-5-10(14)9(13(17)18)4-11(12)15/h2-5,7H,6,15H2,1H3,(H,17,18). The smallest absolute Gasteiger partial charge is 0.338 e. The van der Waals surface area contributed by atoms with Gasteiger partial charge in [0.1, 0.15) is 5.82 Å². The monoisotopic (exact) mass is 264 g/mol. The first-order valence-corrected chi connectivity index (χ1v) is 5.53. The maximum absolute atomic E-state index is 13.6. The van der Waals surface area contributed by atoms with E-state index in [-0.39, 0.29) is 5.69 Å². The minimum absolute atomic E-state index is 0.213. The van der Waals surface area contributed by atoms with E-state index in [9.17, 15) is 9.18 Å². The summed E-state index contributed by atoms with van der Waals surface area (Å²) in [4.78, 5) is 12.5. The van der Waals surface area contributed by atoms with Crippen LogP contribution in [0.15, 0.2) is 35.1 Å². The molecule has 1 heterocycles. The summed E-state index contributed by atoms with van der Waals surface area (Å²) in [6.07, 6.45) is 3.12. The Balaban J connectivity index is 2.29. The van der Waals surface area contributed by atoms with Crippen molar-refractivity contribution in [2.24, 2.45) is 0 Å². The number of benzene rings is 1. The molecular formula is C13H13FN2O3. The number of nitrogens with zero attached hydrogens (tertiary/aromatic N) is 1. The predicted octanol–water partition coefficient (Wildman–Crippen LogP) is 2.34. The summed E-state index contributed by atoms with van der Waals surface area (Å²) in [5, 5.41) is 8.81.